The zero-order valence-electron chi connectivity index (χ0n) is 20.8. The lowest BCUT2D eigenvalue weighted by Crippen LogP contribution is -2.38. The van der Waals surface area contributed by atoms with Gasteiger partial charge in [-0.15, -0.1) is 11.8 Å². The normalized spacial score (nSPS) is 13.8. The second kappa shape index (κ2) is 11.7. The Bertz CT molecular complexity index is 1380. The van der Waals surface area contributed by atoms with Gasteiger partial charge < -0.3 is 0 Å². The van der Waals surface area contributed by atoms with Gasteiger partial charge in [0.05, 0.1) is 5.29 Å². The van der Waals surface area contributed by atoms with Gasteiger partial charge in [0.15, 0.2) is 5.84 Å². The summed E-state index contributed by atoms with van der Waals surface area (Å²) >= 11 is 1.68. The molecule has 0 bridgehead atoms. The molecule has 1 aliphatic heterocycles. The van der Waals surface area contributed by atoms with Crippen molar-refractivity contribution in [1.82, 2.24) is 0 Å². The monoisotopic (exact) mass is 520 g/mol. The zero-order chi connectivity index (χ0) is 25.5. The molecule has 3 nitrogen and oxygen atoms in total. The van der Waals surface area contributed by atoms with Crippen molar-refractivity contribution in [3.8, 4) is 0 Å². The summed E-state index contributed by atoms with van der Waals surface area (Å²) in [5.41, 5.74) is 0.853. The number of hydrogen-bond acceptors (Lipinski definition) is 3. The van der Waals surface area contributed by atoms with Crippen molar-refractivity contribution in [2.24, 2.45) is 9.98 Å². The van der Waals surface area contributed by atoms with Crippen molar-refractivity contribution in [3.05, 3.63) is 127 Å². The molecule has 0 N–H and O–H groups in total. The highest BCUT2D eigenvalue weighted by molar-refractivity contribution is 8.18. The topological polar surface area (TPSA) is 41.8 Å². The van der Waals surface area contributed by atoms with Crippen LogP contribution in [-0.4, -0.2) is 27.8 Å². The number of hydrogen-bond donors (Lipinski definition) is 0. The lowest BCUT2D eigenvalue weighted by atomic mass is 10.2. The van der Waals surface area contributed by atoms with Crippen molar-refractivity contribution < 1.29 is 4.79 Å². The minimum Gasteiger partial charge on any atom is -0.267 e. The molecule has 4 aromatic rings. The molecular formula is C32H29N2OPS. The molecule has 1 amide bonds. The predicted molar refractivity (Wildman–Crippen MR) is 163 cm³/mol. The van der Waals surface area contributed by atoms with Crippen LogP contribution in [0.3, 0.4) is 0 Å². The van der Waals surface area contributed by atoms with Crippen LogP contribution in [0, 0.1) is 0 Å². The van der Waals surface area contributed by atoms with Crippen LogP contribution in [0.25, 0.3) is 0 Å². The van der Waals surface area contributed by atoms with Gasteiger partial charge in [0.2, 0.25) is 0 Å². The van der Waals surface area contributed by atoms with Crippen molar-refractivity contribution in [3.63, 3.8) is 0 Å². The van der Waals surface area contributed by atoms with E-state index in [1.807, 2.05) is 48.5 Å². The Kier molecular flexibility index (Phi) is 7.99. The average Bonchev–Trinajstić information content (AvgIpc) is 2.97. The maximum atomic E-state index is 14.3. The molecule has 0 unspecified atom stereocenters. The van der Waals surface area contributed by atoms with E-state index in [4.69, 9.17) is 4.99 Å². The average molecular weight is 521 g/mol. The molecule has 0 aliphatic carbocycles. The summed E-state index contributed by atoms with van der Waals surface area (Å²) in [5, 5.41) is 4.88. The molecule has 5 heteroatoms. The fourth-order valence-corrected chi connectivity index (χ4v) is 10.4. The number of rotatable bonds is 7. The number of unbranched alkanes of at least 4 members (excludes halogenated alkanes) is 1. The Morgan fingerprint density at radius 2 is 1.11 bits per heavy atom. The van der Waals surface area contributed by atoms with E-state index < -0.39 is 6.89 Å². The van der Waals surface area contributed by atoms with Crippen LogP contribution >= 0.6 is 18.6 Å². The maximum Gasteiger partial charge on any atom is 0.282 e. The molecule has 5 rings (SSSR count). The van der Waals surface area contributed by atoms with Gasteiger partial charge in [-0.3, -0.25) is 4.79 Å². The van der Waals surface area contributed by atoms with E-state index in [1.165, 1.54) is 0 Å². The lowest BCUT2D eigenvalue weighted by molar-refractivity contribution is -0.111. The third-order valence-corrected chi connectivity index (χ3v) is 11.9. The van der Waals surface area contributed by atoms with Gasteiger partial charge in [-0.25, -0.2) is 4.99 Å². The molecule has 1 aliphatic rings. The van der Waals surface area contributed by atoms with E-state index >= 15 is 0 Å². The third-order valence-electron chi connectivity index (χ3n) is 6.35. The Hall–Kier alpha value is -3.46. The fourth-order valence-electron chi connectivity index (χ4n) is 4.62. The molecular weight excluding hydrogens is 491 g/mol. The fraction of sp³-hybridized carbons (Fsp3) is 0.125. The first-order valence-electron chi connectivity index (χ1n) is 12.6. The number of nitrogens with zero attached hydrogens (tertiary/aromatic N) is 2. The van der Waals surface area contributed by atoms with Crippen molar-refractivity contribution in [2.45, 2.75) is 19.8 Å². The molecule has 0 atom stereocenters. The van der Waals surface area contributed by atoms with Gasteiger partial charge in [0.1, 0.15) is 5.04 Å². The molecule has 0 radical (unpaired) electrons. The Morgan fingerprint density at radius 1 is 0.649 bits per heavy atom. The molecule has 37 heavy (non-hydrogen) atoms. The van der Waals surface area contributed by atoms with E-state index in [1.54, 1.807) is 11.8 Å². The molecule has 184 valence electrons. The van der Waals surface area contributed by atoms with E-state index in [9.17, 15) is 4.79 Å². The number of aliphatic imine (C=N–C) groups is 2. The Balaban J connectivity index is 1.90. The molecule has 0 saturated heterocycles. The van der Waals surface area contributed by atoms with Gasteiger partial charge in [0, 0.05) is 5.56 Å². The standard InChI is InChI=1S/C32H29N2OPS/c1-2-3-24-37-32-29(31(35)33-30(34-32)25-16-8-4-9-17-25)36(26-18-10-5-11-19-26,27-20-12-6-13-21-27)28-22-14-7-15-23-28/h4-23H,2-3,24H2,1H3. The third kappa shape index (κ3) is 5.05. The van der Waals surface area contributed by atoms with Crippen LogP contribution in [0.2, 0.25) is 0 Å². The van der Waals surface area contributed by atoms with Crippen molar-refractivity contribution >= 4 is 56.6 Å². The summed E-state index contributed by atoms with van der Waals surface area (Å²) in [6.45, 7) is -0.414. The van der Waals surface area contributed by atoms with Crippen LogP contribution in [0.15, 0.2) is 131 Å². The summed E-state index contributed by atoms with van der Waals surface area (Å²) < 4.78 is 0. The van der Waals surface area contributed by atoms with Crippen LogP contribution in [-0.2, 0) is 4.79 Å². The van der Waals surface area contributed by atoms with Crippen LogP contribution in [0.4, 0.5) is 0 Å². The minimum atomic E-state index is -2.60. The quantitative estimate of drug-likeness (QED) is 0.219. The lowest BCUT2D eigenvalue weighted by Gasteiger charge is -2.33. The minimum absolute atomic E-state index is 0.197. The van der Waals surface area contributed by atoms with Crippen molar-refractivity contribution in [1.29, 1.82) is 0 Å². The smallest absolute Gasteiger partial charge is 0.267 e. The first-order valence-corrected chi connectivity index (χ1v) is 15.4. The van der Waals surface area contributed by atoms with E-state index in [0.29, 0.717) is 5.84 Å². The van der Waals surface area contributed by atoms with E-state index in [2.05, 4.69) is 84.7 Å². The summed E-state index contributed by atoms with van der Waals surface area (Å²) in [6.07, 6.45) is 2.13. The van der Waals surface area contributed by atoms with E-state index in [-0.39, 0.29) is 5.91 Å². The first-order chi connectivity index (χ1) is 18.2. The molecule has 0 aromatic heterocycles. The second-order valence-electron chi connectivity index (χ2n) is 8.75. The molecule has 4 aromatic carbocycles. The molecule has 1 heterocycles. The summed E-state index contributed by atoms with van der Waals surface area (Å²) in [6, 6.07) is 41.1. The number of amides is 1. The second-order valence-corrected chi connectivity index (χ2v) is 13.2. The number of thioether (sulfide) groups is 1. The number of benzene rings is 4. The largest absolute Gasteiger partial charge is 0.282 e. The van der Waals surface area contributed by atoms with Crippen LogP contribution < -0.4 is 15.9 Å². The Morgan fingerprint density at radius 3 is 1.57 bits per heavy atom. The van der Waals surface area contributed by atoms with Gasteiger partial charge in [0.25, 0.3) is 5.91 Å². The SMILES string of the molecule is CCCCSC1=NC(c2ccccc2)=NC(=O)C1=P(c1ccccc1)(c1ccccc1)c1ccccc1. The predicted octanol–water partition coefficient (Wildman–Crippen LogP) is 6.07. The van der Waals surface area contributed by atoms with Crippen LogP contribution in [0.1, 0.15) is 25.3 Å². The molecule has 0 fully saturated rings. The summed E-state index contributed by atoms with van der Waals surface area (Å²) in [7, 11) is 0. The zero-order valence-corrected chi connectivity index (χ0v) is 22.5. The van der Waals surface area contributed by atoms with Gasteiger partial charge >= 0.3 is 0 Å². The van der Waals surface area contributed by atoms with E-state index in [0.717, 1.165) is 50.4 Å². The first kappa shape index (κ1) is 25.2. The highest BCUT2D eigenvalue weighted by atomic mass is 32.2. The maximum absolute atomic E-state index is 14.3. The summed E-state index contributed by atoms with van der Waals surface area (Å²) in [5.74, 6) is 1.19. The van der Waals surface area contributed by atoms with Crippen LogP contribution in [0.5, 0.6) is 0 Å². The van der Waals surface area contributed by atoms with Gasteiger partial charge in [-0.2, -0.15) is 4.99 Å². The number of carbonyl (C=O) groups excluding carboxylic acids is 1. The van der Waals surface area contributed by atoms with Gasteiger partial charge in [-0.1, -0.05) is 135 Å². The molecule has 0 spiro atoms. The van der Waals surface area contributed by atoms with Gasteiger partial charge in [-0.05, 0) is 35.0 Å². The summed E-state index contributed by atoms with van der Waals surface area (Å²) in [4.78, 5) is 24.0. The number of carbonyl (C=O) groups is 1. The van der Waals surface area contributed by atoms with Crippen molar-refractivity contribution in [2.75, 3.05) is 5.75 Å². The Labute approximate surface area is 223 Å². The molecule has 0 saturated carbocycles. The highest BCUT2D eigenvalue weighted by Gasteiger charge is 2.37. The highest BCUT2D eigenvalue weighted by Crippen LogP contribution is 2.48. The number of amidine groups is 1.